The molecule has 0 aliphatic carbocycles. The number of fused-ring (bicyclic) bond motifs is 1. The molecule has 6 nitrogen and oxygen atoms in total. The first-order chi connectivity index (χ1) is 12.1. The minimum absolute atomic E-state index is 0.219. The number of amides is 1. The lowest BCUT2D eigenvalue weighted by atomic mass is 10.1. The van der Waals surface area contributed by atoms with Crippen LogP contribution in [0.5, 0.6) is 17.2 Å². The highest BCUT2D eigenvalue weighted by Gasteiger charge is 2.12. The molecule has 1 amide bonds. The van der Waals surface area contributed by atoms with Gasteiger partial charge in [-0.25, -0.2) is 9.82 Å². The maximum atomic E-state index is 12.8. The van der Waals surface area contributed by atoms with Crippen molar-refractivity contribution in [3.63, 3.8) is 0 Å². The number of hydrazone groups is 1. The fourth-order valence-electron chi connectivity index (χ4n) is 2.19. The maximum Gasteiger partial charge on any atom is 0.277 e. The molecule has 0 saturated carbocycles. The second-order valence-electron chi connectivity index (χ2n) is 5.33. The summed E-state index contributed by atoms with van der Waals surface area (Å²) in [5.41, 5.74) is 3.85. The molecule has 0 saturated heterocycles. The van der Waals surface area contributed by atoms with E-state index in [1.165, 1.54) is 24.3 Å². The van der Waals surface area contributed by atoms with Crippen molar-refractivity contribution in [1.82, 2.24) is 5.43 Å². The number of carbonyl (C=O) groups excluding carboxylic acids is 1. The Labute approximate surface area is 144 Å². The summed E-state index contributed by atoms with van der Waals surface area (Å²) in [7, 11) is 0. The van der Waals surface area contributed by atoms with E-state index < -0.39 is 5.91 Å². The fraction of sp³-hybridized carbons (Fsp3) is 0.222. The van der Waals surface area contributed by atoms with E-state index in [9.17, 15) is 9.18 Å². The van der Waals surface area contributed by atoms with E-state index >= 15 is 0 Å². The zero-order valence-electron chi connectivity index (χ0n) is 13.6. The van der Waals surface area contributed by atoms with E-state index in [2.05, 4.69) is 10.5 Å². The van der Waals surface area contributed by atoms with Crippen LogP contribution in [0.15, 0.2) is 47.6 Å². The summed E-state index contributed by atoms with van der Waals surface area (Å²) in [5.74, 6) is 0.977. The van der Waals surface area contributed by atoms with Crippen LogP contribution in [0, 0.1) is 5.82 Å². The highest BCUT2D eigenvalue weighted by molar-refractivity contribution is 5.99. The van der Waals surface area contributed by atoms with E-state index in [0.29, 0.717) is 36.2 Å². The molecular formula is C18H17FN2O4. The third-order valence-corrected chi connectivity index (χ3v) is 3.49. The number of hydrogen-bond donors (Lipinski definition) is 1. The third-order valence-electron chi connectivity index (χ3n) is 3.49. The topological polar surface area (TPSA) is 69.2 Å². The zero-order chi connectivity index (χ0) is 17.6. The van der Waals surface area contributed by atoms with Crippen molar-refractivity contribution >= 4 is 11.6 Å². The molecule has 7 heteroatoms. The van der Waals surface area contributed by atoms with Crippen molar-refractivity contribution in [3.8, 4) is 17.2 Å². The van der Waals surface area contributed by atoms with Crippen LogP contribution in [0.3, 0.4) is 0 Å². The Morgan fingerprint density at radius 1 is 1.16 bits per heavy atom. The van der Waals surface area contributed by atoms with Gasteiger partial charge in [-0.1, -0.05) is 0 Å². The Bertz CT molecular complexity index is 790. The molecule has 25 heavy (non-hydrogen) atoms. The predicted octanol–water partition coefficient (Wildman–Crippen LogP) is 2.52. The summed E-state index contributed by atoms with van der Waals surface area (Å²) >= 11 is 0. The summed E-state index contributed by atoms with van der Waals surface area (Å²) in [4.78, 5) is 11.8. The molecule has 2 aromatic carbocycles. The third kappa shape index (κ3) is 4.47. The Hall–Kier alpha value is -3.09. The molecule has 0 atom stereocenters. The first-order valence-electron chi connectivity index (χ1n) is 7.73. The average Bonchev–Trinajstić information content (AvgIpc) is 2.65. The predicted molar refractivity (Wildman–Crippen MR) is 89.7 cm³/mol. The highest BCUT2D eigenvalue weighted by atomic mass is 19.1. The summed E-state index contributed by atoms with van der Waals surface area (Å²) < 4.78 is 29.0. The zero-order valence-corrected chi connectivity index (χ0v) is 13.6. The van der Waals surface area contributed by atoms with Crippen LogP contribution in [0.4, 0.5) is 4.39 Å². The van der Waals surface area contributed by atoms with Crippen molar-refractivity contribution in [2.75, 3.05) is 19.8 Å². The molecule has 0 aromatic heterocycles. The number of hydrogen-bond acceptors (Lipinski definition) is 5. The maximum absolute atomic E-state index is 12.8. The molecule has 1 N–H and O–H groups in total. The molecule has 1 aliphatic rings. The molecule has 0 bridgehead atoms. The molecule has 1 heterocycles. The number of nitrogens with zero attached hydrogens (tertiary/aromatic N) is 1. The molecule has 0 fully saturated rings. The number of ether oxygens (including phenoxy) is 3. The number of nitrogens with one attached hydrogen (secondary N) is 1. The van der Waals surface area contributed by atoms with E-state index in [0.717, 1.165) is 5.56 Å². The van der Waals surface area contributed by atoms with Crippen molar-refractivity contribution in [2.45, 2.75) is 6.92 Å². The quantitative estimate of drug-likeness (QED) is 0.668. The standard InChI is InChI=1S/C18H17FN2O4/c1-12(13-2-7-16-17(10-13)24-9-8-23-16)20-21-18(22)11-25-15-5-3-14(19)4-6-15/h2-7,10H,8-9,11H2,1H3,(H,21,22)/b20-12+. The molecule has 1 aliphatic heterocycles. The van der Waals surface area contributed by atoms with Gasteiger partial charge in [0.15, 0.2) is 18.1 Å². The van der Waals surface area contributed by atoms with Crippen molar-refractivity contribution in [2.24, 2.45) is 5.10 Å². The second-order valence-corrected chi connectivity index (χ2v) is 5.33. The van der Waals surface area contributed by atoms with E-state index in [-0.39, 0.29) is 12.4 Å². The van der Waals surface area contributed by atoms with Crippen LogP contribution >= 0.6 is 0 Å². The van der Waals surface area contributed by atoms with Crippen LogP contribution < -0.4 is 19.6 Å². The Morgan fingerprint density at radius 3 is 2.64 bits per heavy atom. The largest absolute Gasteiger partial charge is 0.486 e. The molecule has 0 unspecified atom stereocenters. The van der Waals surface area contributed by atoms with E-state index in [1.54, 1.807) is 6.92 Å². The first kappa shape index (κ1) is 16.8. The fourth-order valence-corrected chi connectivity index (χ4v) is 2.19. The van der Waals surface area contributed by atoms with Gasteiger partial charge in [0.2, 0.25) is 0 Å². The van der Waals surface area contributed by atoms with Gasteiger partial charge in [-0.15, -0.1) is 0 Å². The summed E-state index contributed by atoms with van der Waals surface area (Å²) in [6.45, 7) is 2.59. The smallest absolute Gasteiger partial charge is 0.277 e. The van der Waals surface area contributed by atoms with Gasteiger partial charge < -0.3 is 14.2 Å². The number of carbonyl (C=O) groups is 1. The number of rotatable bonds is 5. The van der Waals surface area contributed by atoms with Gasteiger partial charge in [0.1, 0.15) is 24.8 Å². The van der Waals surface area contributed by atoms with Gasteiger partial charge in [0, 0.05) is 5.56 Å². The van der Waals surface area contributed by atoms with Crippen LogP contribution in [0.2, 0.25) is 0 Å². The van der Waals surface area contributed by atoms with Crippen LogP contribution in [0.25, 0.3) is 0 Å². The summed E-state index contributed by atoms with van der Waals surface area (Å²) in [6.07, 6.45) is 0. The van der Waals surface area contributed by atoms with E-state index in [1.807, 2.05) is 18.2 Å². The number of halogens is 1. The van der Waals surface area contributed by atoms with Gasteiger partial charge in [-0.2, -0.15) is 5.10 Å². The summed E-state index contributed by atoms with van der Waals surface area (Å²) in [6, 6.07) is 10.9. The summed E-state index contributed by atoms with van der Waals surface area (Å²) in [5, 5.41) is 4.05. The Morgan fingerprint density at radius 2 is 1.88 bits per heavy atom. The second kappa shape index (κ2) is 7.65. The average molecular weight is 344 g/mol. The van der Waals surface area contributed by atoms with Crippen LogP contribution in [0.1, 0.15) is 12.5 Å². The van der Waals surface area contributed by atoms with Gasteiger partial charge in [-0.05, 0) is 49.4 Å². The first-order valence-corrected chi connectivity index (χ1v) is 7.73. The minimum Gasteiger partial charge on any atom is -0.486 e. The van der Waals surface area contributed by atoms with Gasteiger partial charge in [0.25, 0.3) is 5.91 Å². The van der Waals surface area contributed by atoms with E-state index in [4.69, 9.17) is 14.2 Å². The normalized spacial score (nSPS) is 13.3. The SMILES string of the molecule is C/C(=N\NC(=O)COc1ccc(F)cc1)c1ccc2c(c1)OCCO2. The lowest BCUT2D eigenvalue weighted by Crippen LogP contribution is -2.25. The highest BCUT2D eigenvalue weighted by Crippen LogP contribution is 2.30. The molecule has 130 valence electrons. The van der Waals surface area contributed by atoms with Crippen molar-refractivity contribution in [1.29, 1.82) is 0 Å². The van der Waals surface area contributed by atoms with Crippen molar-refractivity contribution in [3.05, 3.63) is 53.8 Å². The molecule has 0 radical (unpaired) electrons. The Kier molecular flexibility index (Phi) is 5.13. The molecular weight excluding hydrogens is 327 g/mol. The van der Waals surface area contributed by atoms with Crippen LogP contribution in [-0.2, 0) is 4.79 Å². The number of benzene rings is 2. The van der Waals surface area contributed by atoms with Gasteiger partial charge in [0.05, 0.1) is 5.71 Å². The lowest BCUT2D eigenvalue weighted by molar-refractivity contribution is -0.123. The minimum atomic E-state index is -0.416. The van der Waals surface area contributed by atoms with Gasteiger partial charge >= 0.3 is 0 Å². The Balaban J connectivity index is 1.55. The van der Waals surface area contributed by atoms with Crippen molar-refractivity contribution < 1.29 is 23.4 Å². The molecule has 0 spiro atoms. The lowest BCUT2D eigenvalue weighted by Gasteiger charge is -2.18. The van der Waals surface area contributed by atoms with Gasteiger partial charge in [-0.3, -0.25) is 4.79 Å². The monoisotopic (exact) mass is 344 g/mol. The molecule has 3 rings (SSSR count). The molecule has 2 aromatic rings. The van der Waals surface area contributed by atoms with Crippen LogP contribution in [-0.4, -0.2) is 31.4 Å².